The molecule has 0 radical (unpaired) electrons. The molecule has 3 nitrogen and oxygen atoms in total. The second kappa shape index (κ2) is 5.08. The van der Waals surface area contributed by atoms with Gasteiger partial charge in [-0.15, -0.1) is 0 Å². The smallest absolute Gasteiger partial charge is 0.198 e. The fraction of sp³-hybridized carbons (Fsp3) is 0.533. The first-order chi connectivity index (χ1) is 9.13. The molecule has 1 aliphatic rings. The second-order valence-corrected chi connectivity index (χ2v) is 6.99. The molecule has 4 heteroatoms. The Hall–Kier alpha value is -1.16. The summed E-state index contributed by atoms with van der Waals surface area (Å²) in [5.74, 6) is 2.40. The Labute approximate surface area is 118 Å². The first-order valence-corrected chi connectivity index (χ1v) is 7.97. The monoisotopic (exact) mass is 276 g/mol. The third-order valence-corrected chi connectivity index (χ3v) is 4.95. The van der Waals surface area contributed by atoms with Gasteiger partial charge in [-0.25, -0.2) is 4.98 Å². The topological polar surface area (TPSA) is 38.1 Å². The van der Waals surface area contributed by atoms with Crippen LogP contribution in [-0.4, -0.2) is 22.0 Å². The number of rotatable bonds is 3. The summed E-state index contributed by atoms with van der Waals surface area (Å²) < 4.78 is 5.73. The lowest BCUT2D eigenvalue weighted by molar-refractivity contribution is 0.501. The molecule has 1 aromatic heterocycles. The van der Waals surface area contributed by atoms with Gasteiger partial charge in [0.2, 0.25) is 0 Å². The van der Waals surface area contributed by atoms with E-state index < -0.39 is 0 Å². The van der Waals surface area contributed by atoms with Gasteiger partial charge in [0.15, 0.2) is 11.5 Å². The van der Waals surface area contributed by atoms with Crippen LogP contribution >= 0.6 is 11.8 Å². The lowest BCUT2D eigenvalue weighted by atomic mass is 10.1. The summed E-state index contributed by atoms with van der Waals surface area (Å²) in [6, 6.07) is 6.77. The fourth-order valence-corrected chi connectivity index (χ4v) is 3.62. The zero-order valence-corrected chi connectivity index (χ0v) is 12.5. The van der Waals surface area contributed by atoms with Crippen molar-refractivity contribution in [3.63, 3.8) is 0 Å². The Morgan fingerprint density at radius 1 is 1.42 bits per heavy atom. The summed E-state index contributed by atoms with van der Waals surface area (Å²) in [6.45, 7) is 6.49. The van der Waals surface area contributed by atoms with Crippen molar-refractivity contribution >= 4 is 28.5 Å². The second-order valence-electron chi connectivity index (χ2n) is 5.50. The summed E-state index contributed by atoms with van der Waals surface area (Å²) in [5.41, 5.74) is 2.98. The highest BCUT2D eigenvalue weighted by atomic mass is 32.2. The molecule has 2 unspecified atom stereocenters. The molecule has 0 bridgehead atoms. The molecule has 0 aliphatic carbocycles. The maximum Gasteiger partial charge on any atom is 0.198 e. The van der Waals surface area contributed by atoms with Crippen LogP contribution in [0.15, 0.2) is 22.6 Å². The van der Waals surface area contributed by atoms with Crippen LogP contribution in [0.1, 0.15) is 39.0 Å². The largest absolute Gasteiger partial charge is 0.440 e. The van der Waals surface area contributed by atoms with Crippen molar-refractivity contribution in [2.45, 2.75) is 44.4 Å². The molecule has 2 atom stereocenters. The van der Waals surface area contributed by atoms with Gasteiger partial charge in [-0.1, -0.05) is 20.8 Å². The van der Waals surface area contributed by atoms with E-state index in [1.165, 1.54) is 12.2 Å². The summed E-state index contributed by atoms with van der Waals surface area (Å²) in [6.07, 6.45) is 1.24. The molecule has 1 aliphatic heterocycles. The zero-order valence-electron chi connectivity index (χ0n) is 11.6. The first-order valence-electron chi connectivity index (χ1n) is 6.92. The molecule has 3 rings (SSSR count). The molecule has 2 heterocycles. The van der Waals surface area contributed by atoms with Gasteiger partial charge in [0.1, 0.15) is 5.52 Å². The number of thioether (sulfide) groups is 1. The van der Waals surface area contributed by atoms with Crippen LogP contribution < -0.4 is 5.32 Å². The van der Waals surface area contributed by atoms with Gasteiger partial charge in [0.25, 0.3) is 0 Å². The molecule has 19 heavy (non-hydrogen) atoms. The maximum atomic E-state index is 5.73. The third-order valence-electron chi connectivity index (χ3n) is 3.63. The highest BCUT2D eigenvalue weighted by molar-refractivity contribution is 8.00. The standard InChI is InChI=1S/C15H20N2OS/c1-9(2)15-17-13-8-11(4-5-14(13)18-15)16-12-6-7-19-10(12)3/h4-5,8-10,12,16H,6-7H2,1-3H3. The van der Waals surface area contributed by atoms with E-state index >= 15 is 0 Å². The third kappa shape index (κ3) is 2.59. The van der Waals surface area contributed by atoms with E-state index in [4.69, 9.17) is 4.42 Å². The van der Waals surface area contributed by atoms with Crippen LogP contribution in [0, 0.1) is 0 Å². The number of aromatic nitrogens is 1. The maximum absolute atomic E-state index is 5.73. The normalized spacial score (nSPS) is 23.4. The lowest BCUT2D eigenvalue weighted by Gasteiger charge is -2.17. The van der Waals surface area contributed by atoms with E-state index in [0.29, 0.717) is 17.2 Å². The Kier molecular flexibility index (Phi) is 3.44. The minimum absolute atomic E-state index is 0.329. The summed E-state index contributed by atoms with van der Waals surface area (Å²) >= 11 is 2.04. The van der Waals surface area contributed by atoms with Gasteiger partial charge in [-0.2, -0.15) is 11.8 Å². The number of nitrogens with one attached hydrogen (secondary N) is 1. The zero-order chi connectivity index (χ0) is 13.4. The van der Waals surface area contributed by atoms with Gasteiger partial charge in [-0.3, -0.25) is 0 Å². The van der Waals surface area contributed by atoms with Crippen LogP contribution in [0.25, 0.3) is 11.1 Å². The Bertz CT molecular complexity index is 579. The average Bonchev–Trinajstić information content (AvgIpc) is 2.96. The molecule has 1 saturated heterocycles. The minimum Gasteiger partial charge on any atom is -0.440 e. The van der Waals surface area contributed by atoms with Crippen molar-refractivity contribution in [2.24, 2.45) is 0 Å². The number of anilines is 1. The SMILES string of the molecule is CC(C)c1nc2cc(NC3CCSC3C)ccc2o1. The number of hydrogen-bond acceptors (Lipinski definition) is 4. The molecule has 0 amide bonds. The van der Waals surface area contributed by atoms with E-state index in [0.717, 1.165) is 22.7 Å². The molecule has 1 N–H and O–H groups in total. The van der Waals surface area contributed by atoms with Gasteiger partial charge >= 0.3 is 0 Å². The van der Waals surface area contributed by atoms with E-state index in [-0.39, 0.29) is 0 Å². The lowest BCUT2D eigenvalue weighted by Crippen LogP contribution is -2.24. The van der Waals surface area contributed by atoms with Crippen molar-refractivity contribution in [1.82, 2.24) is 4.98 Å². The molecule has 1 aromatic carbocycles. The molecule has 1 fully saturated rings. The number of nitrogens with zero attached hydrogens (tertiary/aromatic N) is 1. The molecular weight excluding hydrogens is 256 g/mol. The molecular formula is C15H20N2OS. The average molecular weight is 276 g/mol. The van der Waals surface area contributed by atoms with Crippen LogP contribution in [0.2, 0.25) is 0 Å². The molecule has 0 spiro atoms. The van der Waals surface area contributed by atoms with Crippen LogP contribution in [-0.2, 0) is 0 Å². The van der Waals surface area contributed by atoms with Crippen molar-refractivity contribution < 1.29 is 4.42 Å². The van der Waals surface area contributed by atoms with Gasteiger partial charge in [0, 0.05) is 22.9 Å². The Balaban J connectivity index is 1.84. The highest BCUT2D eigenvalue weighted by Gasteiger charge is 2.23. The number of hydrogen-bond donors (Lipinski definition) is 1. The van der Waals surface area contributed by atoms with E-state index in [2.05, 4.69) is 43.2 Å². The summed E-state index contributed by atoms with van der Waals surface area (Å²) in [4.78, 5) is 4.55. The van der Waals surface area contributed by atoms with E-state index in [9.17, 15) is 0 Å². The predicted molar refractivity (Wildman–Crippen MR) is 82.0 cm³/mol. The summed E-state index contributed by atoms with van der Waals surface area (Å²) in [5, 5.41) is 4.30. The van der Waals surface area contributed by atoms with Crippen LogP contribution in [0.4, 0.5) is 5.69 Å². The van der Waals surface area contributed by atoms with E-state index in [1.54, 1.807) is 0 Å². The van der Waals surface area contributed by atoms with Crippen molar-refractivity contribution in [1.29, 1.82) is 0 Å². The Morgan fingerprint density at radius 3 is 2.95 bits per heavy atom. The molecule has 102 valence electrons. The summed E-state index contributed by atoms with van der Waals surface area (Å²) in [7, 11) is 0. The number of benzene rings is 1. The van der Waals surface area contributed by atoms with Crippen molar-refractivity contribution in [2.75, 3.05) is 11.1 Å². The van der Waals surface area contributed by atoms with E-state index in [1.807, 2.05) is 17.8 Å². The minimum atomic E-state index is 0.329. The molecule has 0 saturated carbocycles. The highest BCUT2D eigenvalue weighted by Crippen LogP contribution is 2.30. The number of fused-ring (bicyclic) bond motifs is 1. The number of oxazole rings is 1. The first kappa shape index (κ1) is 12.9. The molecule has 2 aromatic rings. The Morgan fingerprint density at radius 2 is 2.26 bits per heavy atom. The van der Waals surface area contributed by atoms with Crippen LogP contribution in [0.5, 0.6) is 0 Å². The quantitative estimate of drug-likeness (QED) is 0.909. The van der Waals surface area contributed by atoms with Gasteiger partial charge in [-0.05, 0) is 30.4 Å². The van der Waals surface area contributed by atoms with Gasteiger partial charge in [0.05, 0.1) is 0 Å². The van der Waals surface area contributed by atoms with Crippen LogP contribution in [0.3, 0.4) is 0 Å². The predicted octanol–water partition coefficient (Wildman–Crippen LogP) is 4.26. The van der Waals surface area contributed by atoms with Gasteiger partial charge < -0.3 is 9.73 Å². The van der Waals surface area contributed by atoms with Crippen molar-refractivity contribution in [3.05, 3.63) is 24.1 Å². The fourth-order valence-electron chi connectivity index (χ4n) is 2.42. The van der Waals surface area contributed by atoms with Crippen molar-refractivity contribution in [3.8, 4) is 0 Å².